The Morgan fingerprint density at radius 1 is 0.652 bits per heavy atom. The minimum absolute atomic E-state index is 0.0224. The van der Waals surface area contributed by atoms with Crippen LogP contribution in [0.25, 0.3) is 0 Å². The Hall–Kier alpha value is -4.84. The minimum Gasteiger partial charge on any atom is -0.492 e. The summed E-state index contributed by atoms with van der Waals surface area (Å²) in [7, 11) is 0. The zero-order chi connectivity index (χ0) is 32.7. The van der Waals surface area contributed by atoms with Crippen LogP contribution in [0.2, 0.25) is 0 Å². The molecule has 0 aromatic heterocycles. The molecule has 4 aromatic rings. The van der Waals surface area contributed by atoms with E-state index in [-0.39, 0.29) is 47.5 Å². The first-order valence-electron chi connectivity index (χ1n) is 15.8. The molecule has 0 fully saturated rings. The second kappa shape index (κ2) is 10.6. The first kappa shape index (κ1) is 29.8. The predicted molar refractivity (Wildman–Crippen MR) is 175 cm³/mol. The lowest BCUT2D eigenvalue weighted by Gasteiger charge is -2.56. The number of hydrogen-bond acceptors (Lipinski definition) is 6. The molecule has 6 nitrogen and oxygen atoms in total. The van der Waals surface area contributed by atoms with E-state index in [0.29, 0.717) is 34.6 Å². The molecular formula is C40H36O6. The van der Waals surface area contributed by atoms with E-state index in [2.05, 4.69) is 12.1 Å². The number of rotatable bonds is 5. The maximum absolute atomic E-state index is 12.7. The molecule has 3 aliphatic rings. The van der Waals surface area contributed by atoms with Crippen molar-refractivity contribution in [1.82, 2.24) is 0 Å². The summed E-state index contributed by atoms with van der Waals surface area (Å²) < 4.78 is 13.3. The number of benzene rings is 4. The van der Waals surface area contributed by atoms with Crippen LogP contribution >= 0.6 is 0 Å². The normalized spacial score (nSPS) is 22.1. The van der Waals surface area contributed by atoms with Gasteiger partial charge in [-0.3, -0.25) is 19.2 Å². The highest BCUT2D eigenvalue weighted by atomic mass is 16.5. The smallest absolute Gasteiger partial charge is 0.160 e. The molecule has 2 heterocycles. The van der Waals surface area contributed by atoms with Crippen LogP contribution in [0.5, 0.6) is 11.5 Å². The molecule has 4 atom stereocenters. The average Bonchev–Trinajstić information content (AvgIpc) is 3.03. The molecule has 0 amide bonds. The highest BCUT2D eigenvalue weighted by molar-refractivity contribution is 5.98. The van der Waals surface area contributed by atoms with Crippen molar-refractivity contribution in [3.05, 3.63) is 128 Å². The summed E-state index contributed by atoms with van der Waals surface area (Å²) in [5, 5.41) is 0. The van der Waals surface area contributed by atoms with Crippen LogP contribution in [-0.4, -0.2) is 36.3 Å². The number of ketones is 4. The van der Waals surface area contributed by atoms with Crippen molar-refractivity contribution in [1.29, 1.82) is 0 Å². The van der Waals surface area contributed by atoms with E-state index >= 15 is 0 Å². The third kappa shape index (κ3) is 4.15. The molecular weight excluding hydrogens is 576 g/mol. The predicted octanol–water partition coefficient (Wildman–Crippen LogP) is 7.85. The molecule has 4 aromatic carbocycles. The molecule has 7 rings (SSSR count). The van der Waals surface area contributed by atoms with Gasteiger partial charge in [0, 0.05) is 51.1 Å². The van der Waals surface area contributed by atoms with E-state index in [9.17, 15) is 19.2 Å². The van der Waals surface area contributed by atoms with Crippen molar-refractivity contribution < 1.29 is 28.7 Å². The first-order valence-corrected chi connectivity index (χ1v) is 15.8. The van der Waals surface area contributed by atoms with Gasteiger partial charge in [0.2, 0.25) is 0 Å². The van der Waals surface area contributed by atoms with Gasteiger partial charge in [0.25, 0.3) is 0 Å². The first-order chi connectivity index (χ1) is 22.0. The number of ether oxygens (including phenoxy) is 2. The fourth-order valence-corrected chi connectivity index (χ4v) is 8.48. The second-order valence-electron chi connectivity index (χ2n) is 13.1. The van der Waals surface area contributed by atoms with Gasteiger partial charge in [-0.15, -0.1) is 0 Å². The summed E-state index contributed by atoms with van der Waals surface area (Å²) in [5.74, 6) is 0.892. The zero-order valence-corrected chi connectivity index (χ0v) is 26.9. The van der Waals surface area contributed by atoms with E-state index in [4.69, 9.17) is 9.47 Å². The van der Waals surface area contributed by atoms with E-state index in [1.54, 1.807) is 27.7 Å². The van der Waals surface area contributed by atoms with Crippen LogP contribution < -0.4 is 9.47 Å². The fraction of sp³-hybridized carbons (Fsp3) is 0.300. The molecule has 1 aliphatic carbocycles. The molecule has 0 saturated carbocycles. The van der Waals surface area contributed by atoms with Gasteiger partial charge < -0.3 is 9.47 Å². The SMILES string of the molecule is CC(=O)c1cccc(C23COc4c(ccc(C(C)=O)c4C)C2C2c4ccc(C(C)=O)c(C)c4OCC2c2cc(C(C)=O)ccc23)c1. The highest BCUT2D eigenvalue weighted by Gasteiger charge is 2.59. The molecule has 0 saturated heterocycles. The van der Waals surface area contributed by atoms with Gasteiger partial charge >= 0.3 is 0 Å². The second-order valence-corrected chi connectivity index (χ2v) is 13.1. The number of hydrogen-bond donors (Lipinski definition) is 0. The van der Waals surface area contributed by atoms with Crippen LogP contribution in [0.15, 0.2) is 66.7 Å². The molecule has 46 heavy (non-hydrogen) atoms. The van der Waals surface area contributed by atoms with Crippen LogP contribution in [0.1, 0.15) is 126 Å². The highest BCUT2D eigenvalue weighted by Crippen LogP contribution is 2.66. The zero-order valence-electron chi connectivity index (χ0n) is 26.9. The van der Waals surface area contributed by atoms with E-state index < -0.39 is 5.41 Å². The molecule has 4 unspecified atom stereocenters. The van der Waals surface area contributed by atoms with E-state index in [1.807, 2.05) is 68.4 Å². The summed E-state index contributed by atoms with van der Waals surface area (Å²) in [5.41, 5.74) is 8.33. The Kier molecular flexibility index (Phi) is 6.89. The molecule has 0 radical (unpaired) electrons. The van der Waals surface area contributed by atoms with Crippen molar-refractivity contribution in [3.8, 4) is 11.5 Å². The maximum Gasteiger partial charge on any atom is 0.160 e. The minimum atomic E-state index is -0.754. The Balaban J connectivity index is 1.62. The number of Topliss-reactive ketones (excluding diaryl/α,β-unsaturated/α-hetero) is 4. The van der Waals surface area contributed by atoms with E-state index in [1.165, 1.54) is 0 Å². The lowest BCUT2D eigenvalue weighted by atomic mass is 9.49. The van der Waals surface area contributed by atoms with Gasteiger partial charge in [-0.1, -0.05) is 54.6 Å². The standard InChI is InChI=1S/C40H36O6/c1-20-29(24(5)43)11-13-31-36-34(18-45-38(20)31)33-17-27(23(4)42)10-15-35(33)40(28-9-7-8-26(16-28)22(3)41)19-46-39-21(2)30(25(6)44)12-14-32(39)37(36)40/h7-17,34,36-37H,18-19H2,1-6H3. The Bertz CT molecular complexity index is 2020. The molecule has 0 spiro atoms. The largest absolute Gasteiger partial charge is 0.492 e. The van der Waals surface area contributed by atoms with Crippen molar-refractivity contribution in [2.24, 2.45) is 0 Å². The van der Waals surface area contributed by atoms with E-state index in [0.717, 1.165) is 44.7 Å². The quantitative estimate of drug-likeness (QED) is 0.213. The molecule has 232 valence electrons. The average molecular weight is 613 g/mol. The Morgan fingerprint density at radius 2 is 1.26 bits per heavy atom. The molecule has 2 aliphatic heterocycles. The van der Waals surface area contributed by atoms with Crippen LogP contribution in [0.3, 0.4) is 0 Å². The van der Waals surface area contributed by atoms with Crippen molar-refractivity contribution in [3.63, 3.8) is 0 Å². The third-order valence-corrected chi connectivity index (χ3v) is 10.6. The van der Waals surface area contributed by atoms with Crippen LogP contribution in [0, 0.1) is 13.8 Å². The molecule has 0 bridgehead atoms. The molecule has 6 heteroatoms. The van der Waals surface area contributed by atoms with Gasteiger partial charge in [-0.25, -0.2) is 0 Å². The van der Waals surface area contributed by atoms with Gasteiger partial charge in [-0.05, 0) is 81.5 Å². The van der Waals surface area contributed by atoms with Gasteiger partial charge in [0.1, 0.15) is 18.1 Å². The maximum atomic E-state index is 12.7. The number of carbonyl (C=O) groups excluding carboxylic acids is 4. The summed E-state index contributed by atoms with van der Waals surface area (Å²) in [6.45, 7) is 10.8. The Morgan fingerprint density at radius 3 is 1.89 bits per heavy atom. The van der Waals surface area contributed by atoms with Crippen LogP contribution in [0.4, 0.5) is 0 Å². The lowest BCUT2D eigenvalue weighted by molar-refractivity contribution is 0.0998. The summed E-state index contributed by atoms with van der Waals surface area (Å²) in [6, 6.07) is 21.6. The van der Waals surface area contributed by atoms with Gasteiger partial charge in [0.05, 0.1) is 12.0 Å². The topological polar surface area (TPSA) is 86.7 Å². The van der Waals surface area contributed by atoms with Crippen LogP contribution in [-0.2, 0) is 5.41 Å². The Labute approximate surface area is 268 Å². The molecule has 0 N–H and O–H groups in total. The third-order valence-electron chi connectivity index (χ3n) is 10.6. The van der Waals surface area contributed by atoms with Crippen molar-refractivity contribution >= 4 is 23.1 Å². The van der Waals surface area contributed by atoms with Crippen molar-refractivity contribution in [2.75, 3.05) is 13.2 Å². The summed E-state index contributed by atoms with van der Waals surface area (Å²) in [6.07, 6.45) is 0. The summed E-state index contributed by atoms with van der Waals surface area (Å²) in [4.78, 5) is 50.6. The number of carbonyl (C=O) groups is 4. The van der Waals surface area contributed by atoms with Gasteiger partial charge in [0.15, 0.2) is 23.1 Å². The lowest BCUT2D eigenvalue weighted by Crippen LogP contribution is -2.52. The summed E-state index contributed by atoms with van der Waals surface area (Å²) >= 11 is 0. The monoisotopic (exact) mass is 612 g/mol. The number of fused-ring (bicyclic) bond motifs is 10. The fourth-order valence-electron chi connectivity index (χ4n) is 8.48. The van der Waals surface area contributed by atoms with Crippen molar-refractivity contribution in [2.45, 2.75) is 64.7 Å². The van der Waals surface area contributed by atoms with Gasteiger partial charge in [-0.2, -0.15) is 0 Å².